The Morgan fingerprint density at radius 1 is 0.783 bits per heavy atom. The number of carbonyl (C=O) groups excluding carboxylic acids is 1. The molecule has 23 heavy (non-hydrogen) atoms. The fourth-order valence-corrected chi connectivity index (χ4v) is 3.81. The molecule has 0 saturated carbocycles. The summed E-state index contributed by atoms with van der Waals surface area (Å²) in [7, 11) is 0. The summed E-state index contributed by atoms with van der Waals surface area (Å²) >= 11 is 0.265. The van der Waals surface area contributed by atoms with E-state index in [1.165, 1.54) is 8.92 Å². The molecular formula is C20H16O2Se. The van der Waals surface area contributed by atoms with Gasteiger partial charge in [-0.05, 0) is 0 Å². The topological polar surface area (TPSA) is 26.3 Å². The Morgan fingerprint density at radius 3 is 2.04 bits per heavy atom. The first-order valence-corrected chi connectivity index (χ1v) is 9.04. The molecule has 0 N–H and O–H groups in total. The third-order valence-electron chi connectivity index (χ3n) is 3.30. The van der Waals surface area contributed by atoms with E-state index < -0.39 is 0 Å². The summed E-state index contributed by atoms with van der Waals surface area (Å²) < 4.78 is 7.99. The second kappa shape index (κ2) is 7.28. The molecule has 3 aromatic rings. The van der Waals surface area contributed by atoms with Crippen LogP contribution in [0.15, 0.2) is 78.9 Å². The summed E-state index contributed by atoms with van der Waals surface area (Å²) in [6.45, 7) is 1.99. The van der Waals surface area contributed by atoms with Crippen LogP contribution in [0.1, 0.15) is 15.9 Å². The monoisotopic (exact) mass is 368 g/mol. The average Bonchev–Trinajstić information content (AvgIpc) is 2.58. The predicted octanol–water partition coefficient (Wildman–Crippen LogP) is 2.87. The second-order valence-electron chi connectivity index (χ2n) is 5.14. The molecule has 0 fully saturated rings. The van der Waals surface area contributed by atoms with E-state index in [1.54, 1.807) is 12.1 Å². The molecule has 3 heteroatoms. The van der Waals surface area contributed by atoms with Crippen molar-refractivity contribution in [2.75, 3.05) is 0 Å². The molecule has 0 aliphatic carbocycles. The summed E-state index contributed by atoms with van der Waals surface area (Å²) in [6.07, 6.45) is 0. The van der Waals surface area contributed by atoms with Crippen LogP contribution in [-0.2, 0) is 0 Å². The van der Waals surface area contributed by atoms with Gasteiger partial charge in [0.05, 0.1) is 0 Å². The van der Waals surface area contributed by atoms with Gasteiger partial charge in [0.1, 0.15) is 0 Å². The fraction of sp³-hybridized carbons (Fsp3) is 0.0500. The van der Waals surface area contributed by atoms with E-state index in [1.807, 2.05) is 49.4 Å². The Balaban J connectivity index is 1.65. The Kier molecular flexibility index (Phi) is 4.92. The minimum absolute atomic E-state index is 0.265. The number of aryl methyl sites for hydroxylation is 1. The molecular weight excluding hydrogens is 351 g/mol. The zero-order valence-corrected chi connectivity index (χ0v) is 14.4. The van der Waals surface area contributed by atoms with Crippen LogP contribution in [-0.4, -0.2) is 20.9 Å². The first-order valence-electron chi connectivity index (χ1n) is 7.32. The summed E-state index contributed by atoms with van der Waals surface area (Å²) in [5.41, 5.74) is 1.68. The molecule has 0 saturated heterocycles. The molecule has 0 aliphatic rings. The Bertz CT molecular complexity index is 778. The van der Waals surface area contributed by atoms with E-state index in [0.717, 1.165) is 5.56 Å². The Labute approximate surface area is 142 Å². The van der Waals surface area contributed by atoms with Crippen molar-refractivity contribution in [2.24, 2.45) is 0 Å². The van der Waals surface area contributed by atoms with Gasteiger partial charge in [0.2, 0.25) is 0 Å². The summed E-state index contributed by atoms with van der Waals surface area (Å²) in [4.78, 5) is 12.1. The van der Waals surface area contributed by atoms with Crippen molar-refractivity contribution >= 4 is 29.8 Å². The first kappa shape index (κ1) is 15.5. The van der Waals surface area contributed by atoms with Crippen molar-refractivity contribution in [1.82, 2.24) is 0 Å². The van der Waals surface area contributed by atoms with Gasteiger partial charge in [0.15, 0.2) is 0 Å². The van der Waals surface area contributed by atoms with Gasteiger partial charge in [0, 0.05) is 0 Å². The molecule has 2 nitrogen and oxygen atoms in total. The van der Waals surface area contributed by atoms with E-state index >= 15 is 0 Å². The second-order valence-corrected chi connectivity index (χ2v) is 7.55. The molecule has 0 atom stereocenters. The van der Waals surface area contributed by atoms with Crippen molar-refractivity contribution in [2.45, 2.75) is 6.92 Å². The molecule has 0 spiro atoms. The van der Waals surface area contributed by atoms with Crippen molar-refractivity contribution in [3.63, 3.8) is 0 Å². The first-order chi connectivity index (χ1) is 11.2. The van der Waals surface area contributed by atoms with Gasteiger partial charge in [0.25, 0.3) is 0 Å². The number of rotatable bonds is 4. The zero-order valence-electron chi connectivity index (χ0n) is 12.7. The third kappa shape index (κ3) is 4.32. The van der Waals surface area contributed by atoms with Crippen LogP contribution in [0.3, 0.4) is 0 Å². The molecule has 3 aromatic carbocycles. The molecule has 0 amide bonds. The van der Waals surface area contributed by atoms with Crippen molar-refractivity contribution in [3.05, 3.63) is 90.0 Å². The van der Waals surface area contributed by atoms with Crippen molar-refractivity contribution in [3.8, 4) is 5.75 Å². The number of ether oxygens (including phenoxy) is 1. The normalized spacial score (nSPS) is 10.3. The van der Waals surface area contributed by atoms with E-state index in [-0.39, 0.29) is 20.9 Å². The number of hydrogen-bond acceptors (Lipinski definition) is 2. The fourth-order valence-electron chi connectivity index (χ4n) is 2.06. The Morgan fingerprint density at radius 2 is 1.39 bits per heavy atom. The SMILES string of the molecule is Cc1ccc(C(=O)Oc2ccc([Se]c3ccccc3)cc2)cc1. The Hall–Kier alpha value is -2.35. The van der Waals surface area contributed by atoms with E-state index in [2.05, 4.69) is 24.3 Å². The van der Waals surface area contributed by atoms with Crippen molar-refractivity contribution < 1.29 is 9.53 Å². The van der Waals surface area contributed by atoms with Gasteiger partial charge >= 0.3 is 142 Å². The minimum atomic E-state index is -0.327. The van der Waals surface area contributed by atoms with Crippen LogP contribution in [0.25, 0.3) is 0 Å². The van der Waals surface area contributed by atoms with Gasteiger partial charge in [-0.2, -0.15) is 0 Å². The van der Waals surface area contributed by atoms with Gasteiger partial charge in [-0.3, -0.25) is 0 Å². The van der Waals surface area contributed by atoms with E-state index in [0.29, 0.717) is 11.3 Å². The van der Waals surface area contributed by atoms with Crippen LogP contribution in [0.5, 0.6) is 5.75 Å². The van der Waals surface area contributed by atoms with Crippen LogP contribution >= 0.6 is 0 Å². The maximum atomic E-state index is 12.1. The summed E-state index contributed by atoms with van der Waals surface area (Å²) in [6, 6.07) is 25.5. The van der Waals surface area contributed by atoms with Gasteiger partial charge in [-0.25, -0.2) is 0 Å². The maximum absolute atomic E-state index is 12.1. The predicted molar refractivity (Wildman–Crippen MR) is 94.0 cm³/mol. The van der Waals surface area contributed by atoms with Gasteiger partial charge < -0.3 is 0 Å². The van der Waals surface area contributed by atoms with Crippen LogP contribution in [0.2, 0.25) is 0 Å². The quantitative estimate of drug-likeness (QED) is 0.403. The van der Waals surface area contributed by atoms with E-state index in [9.17, 15) is 4.79 Å². The number of benzene rings is 3. The number of esters is 1. The van der Waals surface area contributed by atoms with Gasteiger partial charge in [-0.15, -0.1) is 0 Å². The van der Waals surface area contributed by atoms with Crippen molar-refractivity contribution in [1.29, 1.82) is 0 Å². The van der Waals surface area contributed by atoms with Crippen LogP contribution < -0.4 is 13.7 Å². The molecule has 0 unspecified atom stereocenters. The average molecular weight is 367 g/mol. The van der Waals surface area contributed by atoms with E-state index in [4.69, 9.17) is 4.74 Å². The molecule has 114 valence electrons. The summed E-state index contributed by atoms with van der Waals surface area (Å²) in [5.74, 6) is 0.245. The molecule has 0 aliphatic heterocycles. The van der Waals surface area contributed by atoms with Gasteiger partial charge in [-0.1, -0.05) is 0 Å². The molecule has 0 aromatic heterocycles. The van der Waals surface area contributed by atoms with Crippen LogP contribution in [0.4, 0.5) is 0 Å². The third-order valence-corrected chi connectivity index (χ3v) is 5.43. The zero-order chi connectivity index (χ0) is 16.1. The number of hydrogen-bond donors (Lipinski definition) is 0. The van der Waals surface area contributed by atoms with Crippen LogP contribution in [0, 0.1) is 6.92 Å². The molecule has 0 radical (unpaired) electrons. The molecule has 3 rings (SSSR count). The standard InChI is InChI=1S/C20H16O2Se/c1-15-7-9-16(10-8-15)20(21)22-17-11-13-19(14-12-17)23-18-5-3-2-4-6-18/h2-14H,1H3. The molecule has 0 bridgehead atoms. The molecule has 0 heterocycles. The summed E-state index contributed by atoms with van der Waals surface area (Å²) in [5, 5.41) is 0. The number of carbonyl (C=O) groups is 1.